The molecule has 0 radical (unpaired) electrons. The molecule has 1 aromatic carbocycles. The highest BCUT2D eigenvalue weighted by Gasteiger charge is 2.50. The van der Waals surface area contributed by atoms with E-state index in [1.165, 1.54) is 0 Å². The minimum Gasteiger partial charge on any atom is -0.493 e. The van der Waals surface area contributed by atoms with E-state index in [4.69, 9.17) is 9.72 Å². The summed E-state index contributed by atoms with van der Waals surface area (Å²) in [5.74, 6) is 0.707. The van der Waals surface area contributed by atoms with Gasteiger partial charge in [0.15, 0.2) is 0 Å². The number of nitrogens with one attached hydrogen (secondary N) is 1. The fraction of sp³-hybridized carbons (Fsp3) is 0.455. The van der Waals surface area contributed by atoms with Gasteiger partial charge in [0.2, 0.25) is 5.91 Å². The molecule has 0 unspecified atom stereocenters. The van der Waals surface area contributed by atoms with E-state index >= 15 is 0 Å². The number of likely N-dealkylation sites (N-methyl/N-ethyl adjacent to an activating group) is 1. The maximum atomic E-state index is 14.8. The van der Waals surface area contributed by atoms with Crippen LogP contribution >= 0.6 is 0 Å². The number of ether oxygens (including phenoxy) is 1. The van der Waals surface area contributed by atoms with E-state index in [0.717, 1.165) is 60.5 Å². The van der Waals surface area contributed by atoms with Gasteiger partial charge in [-0.2, -0.15) is 0 Å². The molecule has 3 aliphatic rings. The number of pyridine rings is 1. The third kappa shape index (κ3) is 2.70. The monoisotopic (exact) mass is 381 g/mol. The number of amides is 1. The Kier molecular flexibility index (Phi) is 3.95. The average Bonchev–Trinajstić information content (AvgIpc) is 3.37. The third-order valence-electron chi connectivity index (χ3n) is 6.36. The van der Waals surface area contributed by atoms with E-state index in [2.05, 4.69) is 5.32 Å². The normalized spacial score (nSPS) is 26.2. The Balaban J connectivity index is 1.49. The van der Waals surface area contributed by atoms with Crippen molar-refractivity contribution < 1.29 is 13.9 Å². The van der Waals surface area contributed by atoms with Crippen LogP contribution in [0.2, 0.25) is 0 Å². The minimum atomic E-state index is -0.461. The largest absolute Gasteiger partial charge is 0.493 e. The molecule has 146 valence electrons. The van der Waals surface area contributed by atoms with Gasteiger partial charge in [-0.15, -0.1) is 0 Å². The Hall–Kier alpha value is -2.47. The van der Waals surface area contributed by atoms with Crippen molar-refractivity contribution in [3.63, 3.8) is 0 Å². The first-order chi connectivity index (χ1) is 13.4. The Bertz CT molecular complexity index is 976. The van der Waals surface area contributed by atoms with Crippen LogP contribution < -0.4 is 10.1 Å². The van der Waals surface area contributed by atoms with Crippen LogP contribution in [0.1, 0.15) is 42.3 Å². The van der Waals surface area contributed by atoms with Crippen molar-refractivity contribution in [2.45, 2.75) is 44.2 Å². The quantitative estimate of drug-likeness (QED) is 0.868. The molecule has 2 fully saturated rings. The van der Waals surface area contributed by atoms with Crippen molar-refractivity contribution in [1.29, 1.82) is 0 Å². The van der Waals surface area contributed by atoms with Crippen LogP contribution in [0.15, 0.2) is 24.3 Å². The van der Waals surface area contributed by atoms with Crippen LogP contribution in [0.5, 0.6) is 5.75 Å². The van der Waals surface area contributed by atoms with Gasteiger partial charge in [0, 0.05) is 36.8 Å². The average molecular weight is 381 g/mol. The maximum Gasteiger partial charge on any atom is 0.242 e. The minimum absolute atomic E-state index is 0.00263. The van der Waals surface area contributed by atoms with Crippen LogP contribution in [-0.2, 0) is 11.2 Å². The van der Waals surface area contributed by atoms with E-state index in [0.29, 0.717) is 12.2 Å². The number of aryl methyl sites for hydroxylation is 1. The van der Waals surface area contributed by atoms with Gasteiger partial charge in [-0.25, -0.2) is 4.39 Å². The van der Waals surface area contributed by atoms with Crippen molar-refractivity contribution >= 4 is 5.91 Å². The summed E-state index contributed by atoms with van der Waals surface area (Å²) in [5.41, 5.74) is 3.52. The molecule has 1 spiro atoms. The Morgan fingerprint density at radius 3 is 2.93 bits per heavy atom. The molecule has 2 saturated heterocycles. The molecule has 5 nitrogen and oxygen atoms in total. The predicted molar refractivity (Wildman–Crippen MR) is 104 cm³/mol. The second kappa shape index (κ2) is 6.27. The molecule has 4 heterocycles. The van der Waals surface area contributed by atoms with Gasteiger partial charge in [0.1, 0.15) is 17.1 Å². The van der Waals surface area contributed by atoms with E-state index in [9.17, 15) is 9.18 Å². The number of fused-ring (bicyclic) bond motifs is 1. The zero-order valence-electron chi connectivity index (χ0n) is 16.2. The lowest BCUT2D eigenvalue weighted by molar-refractivity contribution is -0.131. The van der Waals surface area contributed by atoms with Crippen molar-refractivity contribution in [2.24, 2.45) is 0 Å². The summed E-state index contributed by atoms with van der Waals surface area (Å²) in [5, 5.41) is 3.55. The SMILES string of the molecule is Cc1cc(-c2cc3c(cc2F)CCO3)cc([C@@H]2CC[C@]3(CCN(C)C3=O)N2)n1. The lowest BCUT2D eigenvalue weighted by atomic mass is 9.96. The molecular weight excluding hydrogens is 357 g/mol. The van der Waals surface area contributed by atoms with Crippen LogP contribution in [0.25, 0.3) is 11.1 Å². The van der Waals surface area contributed by atoms with Crippen LogP contribution in [-0.4, -0.2) is 41.5 Å². The first-order valence-electron chi connectivity index (χ1n) is 9.93. The number of carbonyl (C=O) groups excluding carboxylic acids is 1. The summed E-state index contributed by atoms with van der Waals surface area (Å²) < 4.78 is 20.4. The van der Waals surface area contributed by atoms with E-state index in [-0.39, 0.29) is 17.8 Å². The number of halogens is 1. The molecule has 0 bridgehead atoms. The predicted octanol–water partition coefficient (Wildman–Crippen LogP) is 3.16. The summed E-state index contributed by atoms with van der Waals surface area (Å²) in [6.45, 7) is 3.31. The van der Waals surface area contributed by atoms with Crippen molar-refractivity contribution in [2.75, 3.05) is 20.2 Å². The molecule has 1 amide bonds. The zero-order chi connectivity index (χ0) is 19.5. The van der Waals surface area contributed by atoms with Gasteiger partial charge in [-0.3, -0.25) is 15.1 Å². The molecule has 0 aliphatic carbocycles. The number of aromatic nitrogens is 1. The number of hydrogen-bond acceptors (Lipinski definition) is 4. The van der Waals surface area contributed by atoms with Gasteiger partial charge in [0.25, 0.3) is 0 Å². The highest BCUT2D eigenvalue weighted by atomic mass is 19.1. The first kappa shape index (κ1) is 17.6. The molecule has 0 saturated carbocycles. The Labute approximate surface area is 163 Å². The standard InChI is InChI=1S/C22H24FN3O2/c1-13-9-15(16-12-20-14(4-8-28-20)10-17(16)23)11-19(24-13)18-3-5-22(25-18)6-7-26(2)21(22)27/h9-12,18,25H,3-8H2,1-2H3/t18-,22+/m0/s1. The maximum absolute atomic E-state index is 14.8. The summed E-state index contributed by atoms with van der Waals surface area (Å²) in [6.07, 6.45) is 3.25. The summed E-state index contributed by atoms with van der Waals surface area (Å²) in [6, 6.07) is 7.25. The van der Waals surface area contributed by atoms with Gasteiger partial charge < -0.3 is 9.64 Å². The topological polar surface area (TPSA) is 54.5 Å². The summed E-state index contributed by atoms with van der Waals surface area (Å²) in [7, 11) is 1.85. The van der Waals surface area contributed by atoms with E-state index in [1.807, 2.05) is 26.1 Å². The van der Waals surface area contributed by atoms with E-state index < -0.39 is 5.54 Å². The molecule has 2 atom stereocenters. The molecule has 2 aromatic rings. The number of likely N-dealkylation sites (tertiary alicyclic amines) is 1. The second-order valence-electron chi connectivity index (χ2n) is 8.25. The number of rotatable bonds is 2. The third-order valence-corrected chi connectivity index (χ3v) is 6.36. The first-order valence-corrected chi connectivity index (χ1v) is 9.93. The van der Waals surface area contributed by atoms with Crippen molar-refractivity contribution in [3.05, 3.63) is 47.0 Å². The lowest BCUT2D eigenvalue weighted by Gasteiger charge is -2.23. The number of benzene rings is 1. The molecule has 1 aromatic heterocycles. The van der Waals surface area contributed by atoms with Crippen LogP contribution in [0.4, 0.5) is 4.39 Å². The van der Waals surface area contributed by atoms with Crippen LogP contribution in [0.3, 0.4) is 0 Å². The number of carbonyl (C=O) groups is 1. The summed E-state index contributed by atoms with van der Waals surface area (Å²) >= 11 is 0. The molecule has 6 heteroatoms. The van der Waals surface area contributed by atoms with Crippen molar-refractivity contribution in [3.8, 4) is 16.9 Å². The van der Waals surface area contributed by atoms with Gasteiger partial charge >= 0.3 is 0 Å². The molecule has 5 rings (SSSR count). The van der Waals surface area contributed by atoms with Gasteiger partial charge in [-0.1, -0.05) is 0 Å². The summed E-state index contributed by atoms with van der Waals surface area (Å²) in [4.78, 5) is 19.1. The smallest absolute Gasteiger partial charge is 0.242 e. The van der Waals surface area contributed by atoms with E-state index in [1.54, 1.807) is 17.0 Å². The van der Waals surface area contributed by atoms with Gasteiger partial charge in [-0.05, 0) is 56.0 Å². The van der Waals surface area contributed by atoms with Gasteiger partial charge in [0.05, 0.1) is 18.3 Å². The highest BCUT2D eigenvalue weighted by Crippen LogP contribution is 2.40. The highest BCUT2D eigenvalue weighted by molar-refractivity contribution is 5.88. The zero-order valence-corrected chi connectivity index (χ0v) is 16.2. The second-order valence-corrected chi connectivity index (χ2v) is 8.25. The van der Waals surface area contributed by atoms with Crippen molar-refractivity contribution in [1.82, 2.24) is 15.2 Å². The molecule has 1 N–H and O–H groups in total. The number of hydrogen-bond donors (Lipinski definition) is 1. The molecule has 3 aliphatic heterocycles. The van der Waals surface area contributed by atoms with Crippen LogP contribution in [0, 0.1) is 12.7 Å². The lowest BCUT2D eigenvalue weighted by Crippen LogP contribution is -2.47. The molecule has 28 heavy (non-hydrogen) atoms. The molecular formula is C22H24FN3O2. The fourth-order valence-corrected chi connectivity index (χ4v) is 4.83. The number of nitrogens with zero attached hydrogens (tertiary/aromatic N) is 2. The fourth-order valence-electron chi connectivity index (χ4n) is 4.83. The Morgan fingerprint density at radius 1 is 1.29 bits per heavy atom. The Morgan fingerprint density at radius 2 is 2.14 bits per heavy atom.